The largest absolute Gasteiger partial charge is 0.379 e. The second-order valence-electron chi connectivity index (χ2n) is 8.61. The molecule has 168 valence electrons. The number of hydrogen-bond acceptors (Lipinski definition) is 4. The summed E-state index contributed by atoms with van der Waals surface area (Å²) in [6.45, 7) is 1.68. The molecule has 0 N–H and O–H groups in total. The first kappa shape index (κ1) is 20.6. The van der Waals surface area contributed by atoms with Gasteiger partial charge in [0, 0.05) is 19.5 Å². The Morgan fingerprint density at radius 1 is 0.879 bits per heavy atom. The number of sulfonamides is 1. The standard InChI is InChI=1S/C26H25N3O3S/c30-33(31,28-14-16-32-17-15-28)22-9-6-19(7-10-22)21-8-11-23-25(18-21)29-24(12-13-26(29)27-23)20-4-2-1-3-5-20/h1-11,18,24H,12-17H2. The van der Waals surface area contributed by atoms with E-state index in [0.717, 1.165) is 40.8 Å². The molecule has 2 aliphatic rings. The van der Waals surface area contributed by atoms with E-state index in [2.05, 4.69) is 47.0 Å². The molecule has 1 unspecified atom stereocenters. The Labute approximate surface area is 193 Å². The number of benzene rings is 3. The van der Waals surface area contributed by atoms with Crippen LogP contribution in [0.5, 0.6) is 0 Å². The number of imidazole rings is 1. The number of rotatable bonds is 4. The number of ether oxygens (including phenoxy) is 1. The van der Waals surface area contributed by atoms with E-state index in [1.165, 1.54) is 9.87 Å². The highest BCUT2D eigenvalue weighted by atomic mass is 32.2. The highest BCUT2D eigenvalue weighted by Crippen LogP contribution is 2.37. The molecule has 0 amide bonds. The highest BCUT2D eigenvalue weighted by Gasteiger charge is 2.28. The van der Waals surface area contributed by atoms with Gasteiger partial charge in [-0.05, 0) is 47.4 Å². The van der Waals surface area contributed by atoms with Crippen LogP contribution in [0.15, 0.2) is 77.7 Å². The second kappa shape index (κ2) is 8.09. The summed E-state index contributed by atoms with van der Waals surface area (Å²) in [5.41, 5.74) is 5.47. The predicted molar refractivity (Wildman–Crippen MR) is 128 cm³/mol. The number of aryl methyl sites for hydroxylation is 1. The van der Waals surface area contributed by atoms with Crippen LogP contribution < -0.4 is 0 Å². The zero-order chi connectivity index (χ0) is 22.4. The molecule has 3 heterocycles. The van der Waals surface area contributed by atoms with Gasteiger partial charge in [0.15, 0.2) is 0 Å². The van der Waals surface area contributed by atoms with Crippen LogP contribution in [0.25, 0.3) is 22.2 Å². The van der Waals surface area contributed by atoms with Crippen molar-refractivity contribution in [3.05, 3.63) is 84.2 Å². The van der Waals surface area contributed by atoms with Crippen molar-refractivity contribution in [2.45, 2.75) is 23.8 Å². The van der Waals surface area contributed by atoms with Crippen molar-refractivity contribution in [2.24, 2.45) is 0 Å². The third kappa shape index (κ3) is 3.57. The molecular weight excluding hydrogens is 434 g/mol. The molecular formula is C26H25N3O3S. The summed E-state index contributed by atoms with van der Waals surface area (Å²) in [6, 6.07) is 24.4. The summed E-state index contributed by atoms with van der Waals surface area (Å²) in [6.07, 6.45) is 2.03. The van der Waals surface area contributed by atoms with Gasteiger partial charge >= 0.3 is 0 Å². The van der Waals surface area contributed by atoms with Gasteiger partial charge in [-0.25, -0.2) is 13.4 Å². The fraction of sp³-hybridized carbons (Fsp3) is 0.269. The summed E-state index contributed by atoms with van der Waals surface area (Å²) in [5.74, 6) is 1.13. The second-order valence-corrected chi connectivity index (χ2v) is 10.5. The summed E-state index contributed by atoms with van der Waals surface area (Å²) in [4.78, 5) is 5.19. The van der Waals surface area contributed by atoms with E-state index >= 15 is 0 Å². The SMILES string of the molecule is O=S(=O)(c1ccc(-c2ccc3nc4n(c3c2)C(c2ccccc2)CC4)cc1)N1CCOCC1. The number of morpholine rings is 1. The Kier molecular flexibility index (Phi) is 5.05. The zero-order valence-corrected chi connectivity index (χ0v) is 19.0. The van der Waals surface area contributed by atoms with Gasteiger partial charge < -0.3 is 9.30 Å². The Bertz CT molecular complexity index is 1410. The first-order valence-electron chi connectivity index (χ1n) is 11.4. The minimum absolute atomic E-state index is 0.294. The van der Waals surface area contributed by atoms with Crippen molar-refractivity contribution >= 4 is 21.1 Å². The monoisotopic (exact) mass is 459 g/mol. The van der Waals surface area contributed by atoms with Gasteiger partial charge in [-0.3, -0.25) is 0 Å². The number of hydrogen-bond donors (Lipinski definition) is 0. The molecule has 7 heteroatoms. The lowest BCUT2D eigenvalue weighted by atomic mass is 10.0. The van der Waals surface area contributed by atoms with E-state index in [0.29, 0.717) is 37.2 Å². The van der Waals surface area contributed by atoms with E-state index in [1.54, 1.807) is 12.1 Å². The highest BCUT2D eigenvalue weighted by molar-refractivity contribution is 7.89. The van der Waals surface area contributed by atoms with Gasteiger partial charge in [0.1, 0.15) is 5.82 Å². The van der Waals surface area contributed by atoms with Crippen LogP contribution in [0, 0.1) is 0 Å². The van der Waals surface area contributed by atoms with Crippen LogP contribution in [0.3, 0.4) is 0 Å². The lowest BCUT2D eigenvalue weighted by Crippen LogP contribution is -2.40. The Morgan fingerprint density at radius 2 is 1.61 bits per heavy atom. The van der Waals surface area contributed by atoms with Crippen molar-refractivity contribution in [3.8, 4) is 11.1 Å². The molecule has 0 radical (unpaired) electrons. The maximum Gasteiger partial charge on any atom is 0.243 e. The topological polar surface area (TPSA) is 64.4 Å². The smallest absolute Gasteiger partial charge is 0.243 e. The Morgan fingerprint density at radius 3 is 2.36 bits per heavy atom. The van der Waals surface area contributed by atoms with Crippen LogP contribution in [-0.4, -0.2) is 48.6 Å². The van der Waals surface area contributed by atoms with Crippen molar-refractivity contribution in [1.82, 2.24) is 13.9 Å². The third-order valence-corrected chi connectivity index (χ3v) is 8.61. The van der Waals surface area contributed by atoms with E-state index < -0.39 is 10.0 Å². The summed E-state index contributed by atoms with van der Waals surface area (Å²) < 4.78 is 35.0. The van der Waals surface area contributed by atoms with Gasteiger partial charge in [0.2, 0.25) is 10.0 Å². The van der Waals surface area contributed by atoms with E-state index in [9.17, 15) is 8.42 Å². The fourth-order valence-corrected chi connectivity index (χ4v) is 6.40. The molecule has 0 spiro atoms. The predicted octanol–water partition coefficient (Wildman–Crippen LogP) is 4.26. The van der Waals surface area contributed by atoms with Gasteiger partial charge in [-0.1, -0.05) is 48.5 Å². The lowest BCUT2D eigenvalue weighted by Gasteiger charge is -2.26. The van der Waals surface area contributed by atoms with Gasteiger partial charge in [0.25, 0.3) is 0 Å². The molecule has 4 aromatic rings. The summed E-state index contributed by atoms with van der Waals surface area (Å²) in [7, 11) is -3.49. The first-order chi connectivity index (χ1) is 16.1. The van der Waals surface area contributed by atoms with E-state index in [-0.39, 0.29) is 0 Å². The maximum atomic E-state index is 12.9. The molecule has 33 heavy (non-hydrogen) atoms. The lowest BCUT2D eigenvalue weighted by molar-refractivity contribution is 0.0730. The van der Waals surface area contributed by atoms with Crippen LogP contribution in [0.4, 0.5) is 0 Å². The molecule has 2 aliphatic heterocycles. The first-order valence-corrected chi connectivity index (χ1v) is 12.8. The molecule has 0 aliphatic carbocycles. The van der Waals surface area contributed by atoms with Crippen LogP contribution in [-0.2, 0) is 21.2 Å². The molecule has 0 saturated carbocycles. The zero-order valence-electron chi connectivity index (χ0n) is 18.2. The maximum absolute atomic E-state index is 12.9. The molecule has 1 atom stereocenters. The minimum Gasteiger partial charge on any atom is -0.379 e. The molecule has 3 aromatic carbocycles. The van der Waals surface area contributed by atoms with Gasteiger partial charge in [-0.2, -0.15) is 4.31 Å². The van der Waals surface area contributed by atoms with Crippen LogP contribution in [0.1, 0.15) is 23.9 Å². The van der Waals surface area contributed by atoms with E-state index in [1.807, 2.05) is 18.2 Å². The Hall–Kier alpha value is -3.00. The molecule has 0 bridgehead atoms. The molecule has 1 fully saturated rings. The number of nitrogens with zero attached hydrogens (tertiary/aromatic N) is 3. The van der Waals surface area contributed by atoms with Gasteiger partial charge in [0.05, 0.1) is 35.2 Å². The van der Waals surface area contributed by atoms with Gasteiger partial charge in [-0.15, -0.1) is 0 Å². The van der Waals surface area contributed by atoms with Crippen LogP contribution in [0.2, 0.25) is 0 Å². The van der Waals surface area contributed by atoms with Crippen molar-refractivity contribution < 1.29 is 13.2 Å². The summed E-state index contributed by atoms with van der Waals surface area (Å²) >= 11 is 0. The van der Waals surface area contributed by atoms with Crippen molar-refractivity contribution in [2.75, 3.05) is 26.3 Å². The number of fused-ring (bicyclic) bond motifs is 3. The fourth-order valence-electron chi connectivity index (χ4n) is 4.99. The van der Waals surface area contributed by atoms with Crippen molar-refractivity contribution in [1.29, 1.82) is 0 Å². The third-order valence-electron chi connectivity index (χ3n) is 6.70. The van der Waals surface area contributed by atoms with E-state index in [4.69, 9.17) is 9.72 Å². The molecule has 1 saturated heterocycles. The van der Waals surface area contributed by atoms with Crippen LogP contribution >= 0.6 is 0 Å². The molecule has 6 rings (SSSR count). The Balaban J connectivity index is 1.35. The minimum atomic E-state index is -3.49. The van der Waals surface area contributed by atoms with Crippen molar-refractivity contribution in [3.63, 3.8) is 0 Å². The molecule has 6 nitrogen and oxygen atoms in total. The average molecular weight is 460 g/mol. The summed E-state index contributed by atoms with van der Waals surface area (Å²) in [5, 5.41) is 0. The quantitative estimate of drug-likeness (QED) is 0.457. The number of aromatic nitrogens is 2. The average Bonchev–Trinajstić information content (AvgIpc) is 3.44. The normalized spacial score (nSPS) is 19.1. The molecule has 1 aromatic heterocycles.